The van der Waals surface area contributed by atoms with Crippen LogP contribution in [0.25, 0.3) is 10.2 Å². The molecule has 0 N–H and O–H groups in total. The van der Waals surface area contributed by atoms with Crippen molar-refractivity contribution < 1.29 is 22.7 Å². The largest absolute Gasteiger partial charge is 0.492 e. The van der Waals surface area contributed by atoms with E-state index in [1.54, 1.807) is 30.5 Å². The Bertz CT molecular complexity index is 1220. The van der Waals surface area contributed by atoms with E-state index in [2.05, 4.69) is 9.97 Å². The number of aromatic nitrogens is 2. The van der Waals surface area contributed by atoms with Gasteiger partial charge in [-0.3, -0.25) is 14.7 Å². The van der Waals surface area contributed by atoms with Gasteiger partial charge in [-0.2, -0.15) is 13.2 Å². The fourth-order valence-electron chi connectivity index (χ4n) is 3.14. The van der Waals surface area contributed by atoms with Crippen molar-refractivity contribution in [2.75, 3.05) is 11.5 Å². The Labute approximate surface area is 186 Å². The molecule has 1 amide bonds. The van der Waals surface area contributed by atoms with Gasteiger partial charge < -0.3 is 4.74 Å². The Hall–Kier alpha value is -3.46. The molecule has 0 aliphatic heterocycles. The van der Waals surface area contributed by atoms with Crippen LogP contribution in [-0.4, -0.2) is 22.5 Å². The van der Waals surface area contributed by atoms with Crippen molar-refractivity contribution in [1.29, 1.82) is 0 Å². The number of carbonyl (C=O) groups is 1. The molecule has 2 aromatic carbocycles. The van der Waals surface area contributed by atoms with Crippen LogP contribution in [-0.2, 0) is 12.7 Å². The molecule has 0 spiro atoms. The van der Waals surface area contributed by atoms with E-state index in [1.807, 2.05) is 19.1 Å². The number of hydrogen-bond donors (Lipinski definition) is 0. The lowest BCUT2D eigenvalue weighted by Gasteiger charge is -2.20. The lowest BCUT2D eigenvalue weighted by atomic mass is 10.1. The third-order valence-electron chi connectivity index (χ3n) is 4.65. The number of hydrogen-bond acceptors (Lipinski definition) is 5. The summed E-state index contributed by atoms with van der Waals surface area (Å²) in [6, 6.07) is 15.0. The summed E-state index contributed by atoms with van der Waals surface area (Å²) >= 11 is 1.30. The van der Waals surface area contributed by atoms with Gasteiger partial charge in [-0.05, 0) is 55.5 Å². The van der Waals surface area contributed by atoms with Crippen LogP contribution >= 0.6 is 11.3 Å². The smallest absolute Gasteiger partial charge is 0.416 e. The van der Waals surface area contributed by atoms with E-state index < -0.39 is 17.6 Å². The van der Waals surface area contributed by atoms with Crippen LogP contribution in [0.1, 0.15) is 28.5 Å². The predicted octanol–water partition coefficient (Wildman–Crippen LogP) is 5.96. The monoisotopic (exact) mass is 457 g/mol. The van der Waals surface area contributed by atoms with E-state index in [0.29, 0.717) is 28.7 Å². The first-order valence-corrected chi connectivity index (χ1v) is 10.6. The molecule has 0 aliphatic rings. The summed E-state index contributed by atoms with van der Waals surface area (Å²) in [6.07, 6.45) is -2.86. The van der Waals surface area contributed by atoms with Gasteiger partial charge in [-0.25, -0.2) is 4.98 Å². The minimum absolute atomic E-state index is 0.116. The van der Waals surface area contributed by atoms with E-state index in [1.165, 1.54) is 28.4 Å². The first-order chi connectivity index (χ1) is 15.4. The number of pyridine rings is 1. The number of nitrogens with zero attached hydrogens (tertiary/aromatic N) is 3. The van der Waals surface area contributed by atoms with E-state index >= 15 is 0 Å². The second-order valence-electron chi connectivity index (χ2n) is 6.82. The van der Waals surface area contributed by atoms with Crippen LogP contribution in [0.3, 0.4) is 0 Å². The highest BCUT2D eigenvalue weighted by Gasteiger charge is 2.31. The second kappa shape index (κ2) is 8.96. The summed E-state index contributed by atoms with van der Waals surface area (Å²) in [5.41, 5.74) is 0.558. The Kier molecular flexibility index (Phi) is 6.09. The quantitative estimate of drug-likeness (QED) is 0.359. The van der Waals surface area contributed by atoms with E-state index in [-0.39, 0.29) is 12.1 Å². The maximum absolute atomic E-state index is 13.4. The molecule has 5 nitrogen and oxygen atoms in total. The Balaban J connectivity index is 1.74. The van der Waals surface area contributed by atoms with Crippen LogP contribution in [0.4, 0.5) is 18.3 Å². The molecule has 0 atom stereocenters. The third-order valence-corrected chi connectivity index (χ3v) is 5.70. The van der Waals surface area contributed by atoms with Gasteiger partial charge in [-0.1, -0.05) is 23.5 Å². The first kappa shape index (κ1) is 21.8. The number of carbonyl (C=O) groups excluding carboxylic acids is 1. The van der Waals surface area contributed by atoms with Crippen LogP contribution in [0, 0.1) is 0 Å². The molecule has 0 bridgehead atoms. The van der Waals surface area contributed by atoms with Crippen LogP contribution < -0.4 is 9.64 Å². The Morgan fingerprint density at radius 2 is 1.84 bits per heavy atom. The number of thiazole rings is 1. The Morgan fingerprint density at radius 3 is 2.50 bits per heavy atom. The highest BCUT2D eigenvalue weighted by Crippen LogP contribution is 2.35. The van der Waals surface area contributed by atoms with Crippen molar-refractivity contribution in [3.05, 3.63) is 83.7 Å². The summed E-state index contributed by atoms with van der Waals surface area (Å²) in [4.78, 5) is 23.7. The molecule has 164 valence electrons. The van der Waals surface area contributed by atoms with Crippen molar-refractivity contribution in [1.82, 2.24) is 9.97 Å². The first-order valence-electron chi connectivity index (χ1n) is 9.78. The maximum Gasteiger partial charge on any atom is 0.416 e. The van der Waals surface area contributed by atoms with E-state index in [4.69, 9.17) is 4.74 Å². The van der Waals surface area contributed by atoms with Gasteiger partial charge in [0.05, 0.1) is 29.1 Å². The zero-order chi connectivity index (χ0) is 22.7. The summed E-state index contributed by atoms with van der Waals surface area (Å²) in [5.74, 6) is 0.133. The zero-order valence-electron chi connectivity index (χ0n) is 17.0. The van der Waals surface area contributed by atoms with Gasteiger partial charge in [0.1, 0.15) is 11.3 Å². The van der Waals surface area contributed by atoms with Gasteiger partial charge in [0.25, 0.3) is 5.91 Å². The molecule has 4 rings (SSSR count). The fraction of sp³-hybridized carbons (Fsp3) is 0.174. The van der Waals surface area contributed by atoms with Crippen LogP contribution in [0.15, 0.2) is 66.9 Å². The lowest BCUT2D eigenvalue weighted by molar-refractivity contribution is -0.137. The fourth-order valence-corrected chi connectivity index (χ4v) is 4.12. The SMILES string of the molecule is CCOc1cccc2sc(N(Cc3ccccn3)C(=O)c3ccc(C(F)(F)F)cc3)nc12. The molecule has 0 fully saturated rings. The number of fused-ring (bicyclic) bond motifs is 1. The molecule has 0 unspecified atom stereocenters. The molecule has 2 heterocycles. The van der Waals surface area contributed by atoms with Gasteiger partial charge >= 0.3 is 6.18 Å². The van der Waals surface area contributed by atoms with E-state index in [0.717, 1.165) is 16.8 Å². The lowest BCUT2D eigenvalue weighted by Crippen LogP contribution is -2.30. The highest BCUT2D eigenvalue weighted by molar-refractivity contribution is 7.22. The Morgan fingerprint density at radius 1 is 1.06 bits per heavy atom. The predicted molar refractivity (Wildman–Crippen MR) is 117 cm³/mol. The summed E-state index contributed by atoms with van der Waals surface area (Å²) < 4.78 is 45.3. The minimum Gasteiger partial charge on any atom is -0.492 e. The topological polar surface area (TPSA) is 55.3 Å². The number of para-hydroxylation sites is 1. The minimum atomic E-state index is -4.47. The summed E-state index contributed by atoms with van der Waals surface area (Å²) in [7, 11) is 0. The van der Waals surface area contributed by atoms with E-state index in [9.17, 15) is 18.0 Å². The van der Waals surface area contributed by atoms with Crippen molar-refractivity contribution in [2.45, 2.75) is 19.6 Å². The second-order valence-corrected chi connectivity index (χ2v) is 7.83. The molecule has 4 aromatic rings. The van der Waals surface area contributed by atoms with Gasteiger partial charge in [0.15, 0.2) is 5.13 Å². The molecule has 0 saturated carbocycles. The molecule has 0 saturated heterocycles. The number of amides is 1. The van der Waals surface area contributed by atoms with Crippen molar-refractivity contribution in [3.8, 4) is 5.75 Å². The third kappa shape index (κ3) is 4.57. The summed E-state index contributed by atoms with van der Waals surface area (Å²) in [5, 5.41) is 0.405. The van der Waals surface area contributed by atoms with Crippen molar-refractivity contribution in [2.24, 2.45) is 0 Å². The standard InChI is InChI=1S/C23H18F3N3O2S/c1-2-31-18-7-5-8-19-20(18)28-22(32-19)29(14-17-6-3-4-13-27-17)21(30)15-9-11-16(12-10-15)23(24,25)26/h3-13H,2,14H2,1H3. The molecule has 32 heavy (non-hydrogen) atoms. The highest BCUT2D eigenvalue weighted by atomic mass is 32.1. The molecule has 2 aromatic heterocycles. The molecule has 0 radical (unpaired) electrons. The summed E-state index contributed by atoms with van der Waals surface area (Å²) in [6.45, 7) is 2.45. The average Bonchev–Trinajstić information content (AvgIpc) is 3.22. The number of anilines is 1. The molecule has 0 aliphatic carbocycles. The van der Waals surface area contributed by atoms with Crippen LogP contribution in [0.5, 0.6) is 5.75 Å². The van der Waals surface area contributed by atoms with Gasteiger partial charge in [-0.15, -0.1) is 0 Å². The number of benzene rings is 2. The van der Waals surface area contributed by atoms with Crippen molar-refractivity contribution >= 4 is 32.6 Å². The normalized spacial score (nSPS) is 11.5. The number of halogens is 3. The number of rotatable bonds is 6. The number of alkyl halides is 3. The molecular weight excluding hydrogens is 439 g/mol. The molecular formula is C23H18F3N3O2S. The molecule has 9 heteroatoms. The van der Waals surface area contributed by atoms with Gasteiger partial charge in [0.2, 0.25) is 0 Å². The maximum atomic E-state index is 13.4. The average molecular weight is 457 g/mol. The number of ether oxygens (including phenoxy) is 1. The van der Waals surface area contributed by atoms with Crippen LogP contribution in [0.2, 0.25) is 0 Å². The van der Waals surface area contributed by atoms with Crippen molar-refractivity contribution in [3.63, 3.8) is 0 Å². The zero-order valence-corrected chi connectivity index (χ0v) is 17.8. The van der Waals surface area contributed by atoms with Gasteiger partial charge in [0, 0.05) is 11.8 Å².